The van der Waals surface area contributed by atoms with Gasteiger partial charge in [0.15, 0.2) is 0 Å². The molecule has 7 nitrogen and oxygen atoms in total. The molecule has 2 aromatic rings. The highest BCUT2D eigenvalue weighted by molar-refractivity contribution is 5.93. The first-order chi connectivity index (χ1) is 15.5. The van der Waals surface area contributed by atoms with Gasteiger partial charge in [-0.1, -0.05) is 19.3 Å². The molecule has 2 aliphatic rings. The fourth-order valence-electron chi connectivity index (χ4n) is 4.94. The van der Waals surface area contributed by atoms with Crippen LogP contribution in [0, 0.1) is 25.2 Å². The number of hydrogen-bond acceptors (Lipinski definition) is 5. The van der Waals surface area contributed by atoms with Crippen molar-refractivity contribution in [2.45, 2.75) is 77.5 Å². The highest BCUT2D eigenvalue weighted by atomic mass is 16.5. The minimum absolute atomic E-state index is 0.0913. The number of ether oxygens (including phenoxy) is 1. The van der Waals surface area contributed by atoms with Crippen LogP contribution in [-0.2, 0) is 16.1 Å². The highest BCUT2D eigenvalue weighted by Crippen LogP contribution is 2.28. The molecule has 0 atom stereocenters. The van der Waals surface area contributed by atoms with E-state index >= 15 is 0 Å². The van der Waals surface area contributed by atoms with E-state index in [4.69, 9.17) is 9.15 Å². The van der Waals surface area contributed by atoms with Crippen LogP contribution in [0.5, 0.6) is 0 Å². The molecule has 1 saturated carbocycles. The molecule has 2 aromatic heterocycles. The zero-order valence-corrected chi connectivity index (χ0v) is 19.2. The third kappa shape index (κ3) is 5.25. The molecule has 4 rings (SSSR count). The minimum Gasteiger partial charge on any atom is -0.467 e. The van der Waals surface area contributed by atoms with Gasteiger partial charge >= 0.3 is 0 Å². The van der Waals surface area contributed by atoms with Gasteiger partial charge in [-0.2, -0.15) is 5.26 Å². The molecule has 1 aliphatic heterocycles. The van der Waals surface area contributed by atoms with E-state index in [9.17, 15) is 10.1 Å². The molecule has 172 valence electrons. The summed E-state index contributed by atoms with van der Waals surface area (Å²) in [4.78, 5) is 15.1. The lowest BCUT2D eigenvalue weighted by atomic mass is 9.97. The Bertz CT molecular complexity index is 943. The fourth-order valence-corrected chi connectivity index (χ4v) is 4.94. The number of hydrogen-bond donors (Lipinski definition) is 1. The molecule has 3 heterocycles. The summed E-state index contributed by atoms with van der Waals surface area (Å²) in [6, 6.07) is 6.00. The Morgan fingerprint density at radius 3 is 2.56 bits per heavy atom. The Hall–Kier alpha value is -2.56. The largest absolute Gasteiger partial charge is 0.467 e. The predicted molar refractivity (Wildman–Crippen MR) is 122 cm³/mol. The van der Waals surface area contributed by atoms with Crippen molar-refractivity contribution in [3.05, 3.63) is 41.0 Å². The smallest absolute Gasteiger partial charge is 0.239 e. The molecule has 0 aromatic carbocycles. The second kappa shape index (κ2) is 10.4. The monoisotopic (exact) mass is 438 g/mol. The van der Waals surface area contributed by atoms with Gasteiger partial charge < -0.3 is 19.0 Å². The number of rotatable bonds is 7. The summed E-state index contributed by atoms with van der Waals surface area (Å²) in [7, 11) is 0. The summed E-state index contributed by atoms with van der Waals surface area (Å²) in [5.74, 6) is 1.24. The van der Waals surface area contributed by atoms with E-state index in [0.29, 0.717) is 36.7 Å². The quantitative estimate of drug-likeness (QED) is 0.694. The van der Waals surface area contributed by atoms with Gasteiger partial charge in [0.05, 0.1) is 37.1 Å². The van der Waals surface area contributed by atoms with Gasteiger partial charge in [-0.3, -0.25) is 9.69 Å². The Morgan fingerprint density at radius 2 is 1.91 bits per heavy atom. The first-order valence-electron chi connectivity index (χ1n) is 11.8. The summed E-state index contributed by atoms with van der Waals surface area (Å²) in [5.41, 5.74) is 2.35. The lowest BCUT2D eigenvalue weighted by Gasteiger charge is -2.34. The standard InChI is InChI=1S/C25H34N4O3/c1-18-19(2)29(16-22-9-6-14-31-22)25(23(18)15-26)27-24(30)17-28-12-10-21(11-13-28)32-20-7-4-3-5-8-20/h6,9,14,20-21H,3-5,7-8,10-13,16-17H2,1-2H3,(H,27,30). The number of aromatic nitrogens is 1. The van der Waals surface area contributed by atoms with E-state index in [2.05, 4.69) is 16.3 Å². The van der Waals surface area contributed by atoms with E-state index in [1.807, 2.05) is 30.5 Å². The van der Waals surface area contributed by atoms with Crippen LogP contribution in [0.25, 0.3) is 0 Å². The van der Waals surface area contributed by atoms with E-state index in [0.717, 1.165) is 42.9 Å². The van der Waals surface area contributed by atoms with Gasteiger partial charge in [0.25, 0.3) is 0 Å². The van der Waals surface area contributed by atoms with Crippen LogP contribution < -0.4 is 5.32 Å². The molecule has 32 heavy (non-hydrogen) atoms. The summed E-state index contributed by atoms with van der Waals surface area (Å²) in [6.45, 7) is 6.40. The molecule has 7 heteroatoms. The van der Waals surface area contributed by atoms with Gasteiger partial charge in [-0.05, 0) is 57.2 Å². The van der Waals surface area contributed by atoms with E-state index in [-0.39, 0.29) is 5.91 Å². The van der Waals surface area contributed by atoms with Crippen molar-refractivity contribution in [3.63, 3.8) is 0 Å². The van der Waals surface area contributed by atoms with Crippen LogP contribution in [0.15, 0.2) is 22.8 Å². The minimum atomic E-state index is -0.0913. The van der Waals surface area contributed by atoms with Crippen molar-refractivity contribution in [1.29, 1.82) is 5.26 Å². The highest BCUT2D eigenvalue weighted by Gasteiger charge is 2.26. The SMILES string of the molecule is Cc1c(C#N)c(NC(=O)CN2CCC(OC3CCCCC3)CC2)n(Cc2ccco2)c1C. The second-order valence-corrected chi connectivity index (χ2v) is 9.13. The number of carbonyl (C=O) groups is 1. The molecule has 0 unspecified atom stereocenters. The number of likely N-dealkylation sites (tertiary alicyclic amines) is 1. The maximum atomic E-state index is 12.9. The Balaban J connectivity index is 1.34. The van der Waals surface area contributed by atoms with E-state index in [1.54, 1.807) is 6.26 Å². The zero-order valence-electron chi connectivity index (χ0n) is 19.2. The van der Waals surface area contributed by atoms with Crippen LogP contribution in [-0.4, -0.2) is 47.2 Å². The molecule has 1 N–H and O–H groups in total. The van der Waals surface area contributed by atoms with Crippen molar-refractivity contribution in [2.75, 3.05) is 25.0 Å². The van der Waals surface area contributed by atoms with Gasteiger partial charge in [0.2, 0.25) is 5.91 Å². The summed E-state index contributed by atoms with van der Waals surface area (Å²) >= 11 is 0. The van der Waals surface area contributed by atoms with Crippen LogP contribution in [0.1, 0.15) is 67.5 Å². The number of furan rings is 1. The molecule has 0 radical (unpaired) electrons. The van der Waals surface area contributed by atoms with Crippen LogP contribution in [0.3, 0.4) is 0 Å². The Kier molecular flexibility index (Phi) is 7.33. The summed E-state index contributed by atoms with van der Waals surface area (Å²) in [6.07, 6.45) is 10.6. The molecule has 0 bridgehead atoms. The summed E-state index contributed by atoms with van der Waals surface area (Å²) < 4.78 is 13.8. The molecule has 1 aliphatic carbocycles. The second-order valence-electron chi connectivity index (χ2n) is 9.13. The van der Waals surface area contributed by atoms with Gasteiger partial charge in [-0.25, -0.2) is 0 Å². The molecular formula is C25H34N4O3. The lowest BCUT2D eigenvalue weighted by molar-refractivity contribution is -0.118. The molecule has 2 fully saturated rings. The third-order valence-electron chi connectivity index (χ3n) is 6.93. The zero-order chi connectivity index (χ0) is 22.5. The average Bonchev–Trinajstić information content (AvgIpc) is 3.39. The van der Waals surface area contributed by atoms with Crippen LogP contribution >= 0.6 is 0 Å². The number of anilines is 1. The fraction of sp³-hybridized carbons (Fsp3) is 0.600. The molecule has 1 amide bonds. The van der Waals surface area contributed by atoms with E-state index < -0.39 is 0 Å². The van der Waals surface area contributed by atoms with Crippen LogP contribution in [0.2, 0.25) is 0 Å². The number of amides is 1. The number of piperidine rings is 1. The average molecular weight is 439 g/mol. The molecule has 1 saturated heterocycles. The maximum Gasteiger partial charge on any atom is 0.239 e. The van der Waals surface area contributed by atoms with Crippen molar-refractivity contribution in [2.24, 2.45) is 0 Å². The van der Waals surface area contributed by atoms with Crippen molar-refractivity contribution < 1.29 is 13.9 Å². The first-order valence-corrected chi connectivity index (χ1v) is 11.8. The Morgan fingerprint density at radius 1 is 1.19 bits per heavy atom. The van der Waals surface area contributed by atoms with Gasteiger partial charge in [0, 0.05) is 18.8 Å². The number of carbonyl (C=O) groups excluding carboxylic acids is 1. The molecule has 0 spiro atoms. The Labute approximate surface area is 190 Å². The predicted octanol–water partition coefficient (Wildman–Crippen LogP) is 4.37. The van der Waals surface area contributed by atoms with Crippen molar-refractivity contribution >= 4 is 11.7 Å². The number of nitrogens with one attached hydrogen (secondary N) is 1. The van der Waals surface area contributed by atoms with Gasteiger partial charge in [-0.15, -0.1) is 0 Å². The van der Waals surface area contributed by atoms with Crippen molar-refractivity contribution in [3.8, 4) is 6.07 Å². The normalized spacial score (nSPS) is 18.5. The maximum absolute atomic E-state index is 12.9. The van der Waals surface area contributed by atoms with E-state index in [1.165, 1.54) is 32.1 Å². The van der Waals surface area contributed by atoms with Crippen LogP contribution in [0.4, 0.5) is 5.82 Å². The number of nitrogens with zero attached hydrogens (tertiary/aromatic N) is 3. The van der Waals surface area contributed by atoms with Gasteiger partial charge in [0.1, 0.15) is 17.6 Å². The topological polar surface area (TPSA) is 83.4 Å². The number of nitriles is 1. The lowest BCUT2D eigenvalue weighted by Crippen LogP contribution is -2.42. The first kappa shape index (κ1) is 22.6. The molecular weight excluding hydrogens is 404 g/mol. The van der Waals surface area contributed by atoms with Crippen molar-refractivity contribution in [1.82, 2.24) is 9.47 Å². The summed E-state index contributed by atoms with van der Waals surface area (Å²) in [5, 5.41) is 12.7. The third-order valence-corrected chi connectivity index (χ3v) is 6.93.